The summed E-state index contributed by atoms with van der Waals surface area (Å²) in [6, 6.07) is 36.4. The molecule has 0 bridgehead atoms. The van der Waals surface area contributed by atoms with Crippen molar-refractivity contribution in [2.24, 2.45) is 0 Å². The van der Waals surface area contributed by atoms with Crippen LogP contribution in [0.15, 0.2) is 109 Å². The molecule has 0 aromatic heterocycles. The zero-order valence-corrected chi connectivity index (χ0v) is 25.8. The van der Waals surface area contributed by atoms with E-state index in [-0.39, 0.29) is 27.0 Å². The summed E-state index contributed by atoms with van der Waals surface area (Å²) in [4.78, 5) is 13.6. The van der Waals surface area contributed by atoms with Crippen LogP contribution in [-0.2, 0) is 11.2 Å². The van der Waals surface area contributed by atoms with Gasteiger partial charge < -0.3 is 10.2 Å². The second-order valence-electron chi connectivity index (χ2n) is 11.3. The lowest BCUT2D eigenvalue weighted by atomic mass is 9.74. The first-order chi connectivity index (χ1) is 20.0. The number of carbonyl (C=O) groups excluding carboxylic acids is 1. The minimum absolute atomic E-state index is 0.0287. The molecule has 0 aliphatic heterocycles. The van der Waals surface area contributed by atoms with E-state index in [4.69, 9.17) is 0 Å². The smallest absolute Gasteiger partial charge is 0.357 e. The molecule has 2 aliphatic carbocycles. The number of carbonyl (C=O) groups is 1. The molecule has 0 spiro atoms. The quantitative estimate of drug-likeness (QED) is 0.226. The standard InChI is InChI=1S/C25H30O3.C12H10I/c26-23(19-11-3-5-13-21(19)24(27)15-7-1-8-16-24)20-12-4-6-14-22(20)25(28)17-9-2-10-18-25;1-3-7-11(8-4-1)13-12-9-5-2-6-10-12/h3-6,11-14,27-28H,1-2,7-10,15-18H2;1-10H/q;+1. The van der Waals surface area contributed by atoms with Crippen LogP contribution in [0, 0.1) is 7.14 Å². The van der Waals surface area contributed by atoms with Crippen molar-refractivity contribution in [2.45, 2.75) is 75.4 Å². The molecule has 2 fully saturated rings. The second-order valence-corrected chi connectivity index (χ2v) is 14.3. The fourth-order valence-electron chi connectivity index (χ4n) is 6.21. The predicted molar refractivity (Wildman–Crippen MR) is 161 cm³/mol. The summed E-state index contributed by atoms with van der Waals surface area (Å²) in [6.45, 7) is 0. The number of aliphatic hydroxyl groups is 2. The van der Waals surface area contributed by atoms with Gasteiger partial charge in [-0.1, -0.05) is 123 Å². The van der Waals surface area contributed by atoms with Crippen LogP contribution >= 0.6 is 0 Å². The lowest BCUT2D eigenvalue weighted by Crippen LogP contribution is -3.61. The number of hydrogen-bond donors (Lipinski definition) is 2. The third kappa shape index (κ3) is 7.35. The van der Waals surface area contributed by atoms with E-state index in [9.17, 15) is 15.0 Å². The first kappa shape index (κ1) is 29.7. The Labute approximate surface area is 254 Å². The summed E-state index contributed by atoms with van der Waals surface area (Å²) in [6.07, 6.45) is 8.98. The van der Waals surface area contributed by atoms with Gasteiger partial charge in [-0.15, -0.1) is 0 Å². The maximum atomic E-state index is 13.6. The van der Waals surface area contributed by atoms with Crippen molar-refractivity contribution in [3.05, 3.63) is 139 Å². The number of rotatable bonds is 6. The molecule has 0 saturated heterocycles. The number of benzene rings is 4. The monoisotopic (exact) mass is 659 g/mol. The van der Waals surface area contributed by atoms with Gasteiger partial charge in [-0.25, -0.2) is 0 Å². The summed E-state index contributed by atoms with van der Waals surface area (Å²) in [7, 11) is 0. The molecule has 6 rings (SSSR count). The van der Waals surface area contributed by atoms with Gasteiger partial charge in [0.25, 0.3) is 0 Å². The third-order valence-corrected chi connectivity index (χ3v) is 11.1. The minimum Gasteiger partial charge on any atom is -0.385 e. The Morgan fingerprint density at radius 3 is 1.22 bits per heavy atom. The Kier molecular flexibility index (Phi) is 10.1. The van der Waals surface area contributed by atoms with E-state index in [0.717, 1.165) is 49.7 Å². The lowest BCUT2D eigenvalue weighted by molar-refractivity contribution is -0.597. The first-order valence-corrected chi connectivity index (χ1v) is 17.1. The van der Waals surface area contributed by atoms with Gasteiger partial charge in [-0.2, -0.15) is 0 Å². The highest BCUT2D eigenvalue weighted by atomic mass is 127. The molecule has 4 heteroatoms. The van der Waals surface area contributed by atoms with E-state index < -0.39 is 11.2 Å². The van der Waals surface area contributed by atoms with E-state index in [1.165, 1.54) is 7.14 Å². The molecule has 0 radical (unpaired) electrons. The molecule has 2 saturated carbocycles. The molecular weight excluding hydrogens is 619 g/mol. The van der Waals surface area contributed by atoms with Gasteiger partial charge in [-0.3, -0.25) is 4.79 Å². The highest BCUT2D eigenvalue weighted by Crippen LogP contribution is 2.41. The van der Waals surface area contributed by atoms with Gasteiger partial charge in [0, 0.05) is 11.1 Å². The highest BCUT2D eigenvalue weighted by molar-refractivity contribution is 6.11. The molecule has 4 aromatic rings. The fourth-order valence-corrected chi connectivity index (χ4v) is 8.48. The molecule has 3 nitrogen and oxygen atoms in total. The van der Waals surface area contributed by atoms with Gasteiger partial charge in [0.15, 0.2) is 12.9 Å². The minimum atomic E-state index is -0.929. The van der Waals surface area contributed by atoms with Gasteiger partial charge in [0.05, 0.1) is 11.2 Å². The molecule has 41 heavy (non-hydrogen) atoms. The maximum Gasteiger partial charge on any atom is 0.357 e. The summed E-state index contributed by atoms with van der Waals surface area (Å²) >= 11 is 0.0287. The normalized spacial score (nSPS) is 17.6. The Balaban J connectivity index is 0.000000216. The van der Waals surface area contributed by atoms with Gasteiger partial charge in [0.1, 0.15) is 0 Å². The van der Waals surface area contributed by atoms with Crippen molar-refractivity contribution >= 4 is 5.78 Å². The van der Waals surface area contributed by atoms with Crippen LogP contribution in [0.3, 0.4) is 0 Å². The van der Waals surface area contributed by atoms with Crippen molar-refractivity contribution in [1.82, 2.24) is 0 Å². The SMILES string of the molecule is O=C(c1ccccc1C1(O)CCCCC1)c1ccccc1C1(O)CCCCC1.c1ccc([I+]c2ccccc2)cc1. The molecule has 0 amide bonds. The van der Waals surface area contributed by atoms with E-state index >= 15 is 0 Å². The Morgan fingerprint density at radius 2 is 0.829 bits per heavy atom. The summed E-state index contributed by atoms with van der Waals surface area (Å²) in [5, 5.41) is 22.6. The van der Waals surface area contributed by atoms with Gasteiger partial charge in [-0.05, 0) is 61.1 Å². The van der Waals surface area contributed by atoms with Crippen LogP contribution in [0.4, 0.5) is 0 Å². The van der Waals surface area contributed by atoms with Crippen molar-refractivity contribution < 1.29 is 36.2 Å². The highest BCUT2D eigenvalue weighted by Gasteiger charge is 2.37. The van der Waals surface area contributed by atoms with Crippen LogP contribution in [0.25, 0.3) is 0 Å². The molecule has 212 valence electrons. The van der Waals surface area contributed by atoms with Crippen molar-refractivity contribution in [1.29, 1.82) is 0 Å². The van der Waals surface area contributed by atoms with Crippen molar-refractivity contribution in [3.63, 3.8) is 0 Å². The molecule has 0 heterocycles. The van der Waals surface area contributed by atoms with Crippen molar-refractivity contribution in [3.8, 4) is 0 Å². The van der Waals surface area contributed by atoms with E-state index in [0.29, 0.717) is 36.8 Å². The van der Waals surface area contributed by atoms with E-state index in [1.807, 2.05) is 48.5 Å². The Hall–Kier alpha value is -2.80. The molecular formula is C37H40IO3+. The van der Waals surface area contributed by atoms with Crippen LogP contribution in [0.2, 0.25) is 0 Å². The lowest BCUT2D eigenvalue weighted by Gasteiger charge is -2.35. The zero-order valence-electron chi connectivity index (χ0n) is 23.6. The number of halogens is 1. The first-order valence-electron chi connectivity index (χ1n) is 14.9. The summed E-state index contributed by atoms with van der Waals surface area (Å²) in [5.74, 6) is -0.0933. The van der Waals surface area contributed by atoms with Crippen LogP contribution < -0.4 is 21.2 Å². The summed E-state index contributed by atoms with van der Waals surface area (Å²) < 4.78 is 2.96. The average molecular weight is 660 g/mol. The van der Waals surface area contributed by atoms with Gasteiger partial charge >= 0.3 is 21.2 Å². The topological polar surface area (TPSA) is 57.5 Å². The predicted octanol–water partition coefficient (Wildman–Crippen LogP) is 5.04. The average Bonchev–Trinajstić information content (AvgIpc) is 3.03. The maximum absolute atomic E-state index is 13.6. The summed E-state index contributed by atoms with van der Waals surface area (Å²) in [5.41, 5.74) is 0.760. The van der Waals surface area contributed by atoms with E-state index in [2.05, 4.69) is 60.7 Å². The van der Waals surface area contributed by atoms with Crippen LogP contribution in [0.1, 0.15) is 91.3 Å². The van der Waals surface area contributed by atoms with Crippen LogP contribution in [0.5, 0.6) is 0 Å². The second kappa shape index (κ2) is 13.9. The van der Waals surface area contributed by atoms with Crippen LogP contribution in [-0.4, -0.2) is 16.0 Å². The van der Waals surface area contributed by atoms with E-state index in [1.54, 1.807) is 0 Å². The molecule has 0 unspecified atom stereocenters. The number of ketones is 1. The molecule has 0 atom stereocenters. The Morgan fingerprint density at radius 1 is 0.488 bits per heavy atom. The molecule has 4 aromatic carbocycles. The van der Waals surface area contributed by atoms with Crippen molar-refractivity contribution in [2.75, 3.05) is 0 Å². The largest absolute Gasteiger partial charge is 0.385 e. The number of hydrogen-bond acceptors (Lipinski definition) is 3. The molecule has 2 N–H and O–H groups in total. The molecule has 2 aliphatic rings. The van der Waals surface area contributed by atoms with Gasteiger partial charge in [0.2, 0.25) is 0 Å². The fraction of sp³-hybridized carbons (Fsp3) is 0.324. The zero-order chi connectivity index (χ0) is 28.5. The third-order valence-electron chi connectivity index (χ3n) is 8.39. The Bertz CT molecular complexity index is 1300.